The van der Waals surface area contributed by atoms with Gasteiger partial charge in [0.1, 0.15) is 5.82 Å². The van der Waals surface area contributed by atoms with Crippen molar-refractivity contribution in [2.75, 3.05) is 6.61 Å². The second-order valence-electron chi connectivity index (χ2n) is 6.76. The van der Waals surface area contributed by atoms with Gasteiger partial charge in [-0.2, -0.15) is 0 Å². The summed E-state index contributed by atoms with van der Waals surface area (Å²) in [5.41, 5.74) is -0.351. The van der Waals surface area contributed by atoms with E-state index in [1.807, 2.05) is 20.8 Å². The van der Waals surface area contributed by atoms with Gasteiger partial charge in [-0.05, 0) is 50.9 Å². The number of hydrogen-bond acceptors (Lipinski definition) is 2. The summed E-state index contributed by atoms with van der Waals surface area (Å²) in [6.07, 6.45) is 2.13. The minimum atomic E-state index is -1.60. The quantitative estimate of drug-likeness (QED) is 0.841. The van der Waals surface area contributed by atoms with Crippen LogP contribution in [0.3, 0.4) is 0 Å². The lowest BCUT2D eigenvalue weighted by molar-refractivity contribution is 0.276. The third-order valence-electron chi connectivity index (χ3n) is 3.20. The van der Waals surface area contributed by atoms with Crippen LogP contribution in [0.2, 0.25) is 0 Å². The molecule has 1 N–H and O–H groups in total. The van der Waals surface area contributed by atoms with Gasteiger partial charge in [0.25, 0.3) is 0 Å². The van der Waals surface area contributed by atoms with E-state index in [1.54, 1.807) is 0 Å². The van der Waals surface area contributed by atoms with E-state index in [4.69, 9.17) is 20.4 Å². The second kappa shape index (κ2) is 5.64. The fraction of sp³-hybridized carbons (Fsp3) is 0.600. The molecule has 1 saturated carbocycles. The molecule has 4 radical (unpaired) electrons. The molecule has 0 atom stereocenters. The Hall–Kier alpha value is -1.03. The molecular weight excluding hydrogens is 270 g/mol. The van der Waals surface area contributed by atoms with Gasteiger partial charge < -0.3 is 10.1 Å². The Labute approximate surface area is 127 Å². The first-order valence-corrected chi connectivity index (χ1v) is 7.08. The maximum Gasteiger partial charge on any atom is 0.168 e. The Morgan fingerprint density at radius 1 is 1.24 bits per heavy atom. The van der Waals surface area contributed by atoms with E-state index in [1.165, 1.54) is 0 Å². The minimum absolute atomic E-state index is 0.0787. The lowest BCUT2D eigenvalue weighted by atomic mass is 9.57. The molecule has 0 heterocycles. The zero-order valence-electron chi connectivity index (χ0n) is 12.7. The fourth-order valence-electron chi connectivity index (χ4n) is 2.19. The Bertz CT molecular complexity index is 525. The largest absolute Gasteiger partial charge is 0.490 e. The van der Waals surface area contributed by atoms with Gasteiger partial charge in [0.2, 0.25) is 0 Å². The van der Waals surface area contributed by atoms with Crippen molar-refractivity contribution in [2.45, 2.75) is 44.5 Å². The molecule has 2 nitrogen and oxygen atoms in total. The van der Waals surface area contributed by atoms with Gasteiger partial charge >= 0.3 is 0 Å². The lowest BCUT2D eigenvalue weighted by Crippen LogP contribution is -2.53. The second-order valence-corrected chi connectivity index (χ2v) is 6.76. The maximum atomic E-state index is 14.0. The highest BCUT2D eigenvalue weighted by Crippen LogP contribution is 2.34. The summed E-state index contributed by atoms with van der Waals surface area (Å²) >= 11 is 0. The van der Waals surface area contributed by atoms with Crippen molar-refractivity contribution in [1.29, 1.82) is 0 Å². The molecule has 6 heteroatoms. The van der Waals surface area contributed by atoms with Crippen LogP contribution in [0.1, 0.15) is 39.2 Å². The lowest BCUT2D eigenvalue weighted by Gasteiger charge is -2.37. The predicted octanol–water partition coefficient (Wildman–Crippen LogP) is 2.59. The van der Waals surface area contributed by atoms with Gasteiger partial charge in [-0.15, -0.1) is 0 Å². The van der Waals surface area contributed by atoms with Crippen molar-refractivity contribution >= 4 is 15.7 Å². The van der Waals surface area contributed by atoms with Crippen molar-refractivity contribution < 1.29 is 13.5 Å². The minimum Gasteiger partial charge on any atom is -0.490 e. The molecule has 0 spiro atoms. The highest BCUT2D eigenvalue weighted by atomic mass is 19.1. The molecule has 0 saturated heterocycles. The predicted molar refractivity (Wildman–Crippen MR) is 80.7 cm³/mol. The van der Waals surface area contributed by atoms with E-state index >= 15 is 0 Å². The van der Waals surface area contributed by atoms with Crippen LogP contribution in [0.5, 0.6) is 5.75 Å². The summed E-state index contributed by atoms with van der Waals surface area (Å²) in [6, 6.07) is 1.89. The van der Waals surface area contributed by atoms with Crippen molar-refractivity contribution in [3.63, 3.8) is 0 Å². The smallest absolute Gasteiger partial charge is 0.168 e. The van der Waals surface area contributed by atoms with Gasteiger partial charge in [0.05, 0.1) is 22.3 Å². The molecule has 2 rings (SSSR count). The van der Waals surface area contributed by atoms with Gasteiger partial charge in [-0.1, -0.05) is 0 Å². The summed E-state index contributed by atoms with van der Waals surface area (Å²) in [4.78, 5) is 0. The number of ether oxygens (including phenoxy) is 1. The van der Waals surface area contributed by atoms with E-state index in [0.717, 1.165) is 25.0 Å². The molecule has 1 aliphatic rings. The maximum absolute atomic E-state index is 14.0. The van der Waals surface area contributed by atoms with Crippen molar-refractivity contribution in [3.05, 3.63) is 29.3 Å². The zero-order valence-corrected chi connectivity index (χ0v) is 12.7. The average Bonchev–Trinajstić information content (AvgIpc) is 3.07. The van der Waals surface area contributed by atoms with Crippen LogP contribution >= 0.6 is 0 Å². The van der Waals surface area contributed by atoms with Gasteiger partial charge in [-0.3, -0.25) is 0 Å². The summed E-state index contributed by atoms with van der Waals surface area (Å²) in [5.74, 6) is -1.17. The van der Waals surface area contributed by atoms with E-state index in [2.05, 4.69) is 5.32 Å². The molecule has 0 aromatic heterocycles. The van der Waals surface area contributed by atoms with Crippen molar-refractivity contribution in [2.24, 2.45) is 5.92 Å². The zero-order chi connectivity index (χ0) is 15.8. The van der Waals surface area contributed by atoms with Crippen molar-refractivity contribution in [3.8, 4) is 5.75 Å². The molecule has 0 unspecified atom stereocenters. The summed E-state index contributed by atoms with van der Waals surface area (Å²) in [6.45, 7) is 5.98. The van der Waals surface area contributed by atoms with E-state index in [0.29, 0.717) is 12.5 Å². The Morgan fingerprint density at radius 3 is 2.38 bits per heavy atom. The molecule has 110 valence electrons. The highest BCUT2D eigenvalue weighted by Gasteiger charge is 2.31. The van der Waals surface area contributed by atoms with E-state index in [9.17, 15) is 8.78 Å². The molecule has 0 bridgehead atoms. The first-order valence-electron chi connectivity index (χ1n) is 7.08. The van der Waals surface area contributed by atoms with E-state index in [-0.39, 0.29) is 11.3 Å². The molecule has 0 aliphatic heterocycles. The molecule has 1 fully saturated rings. The van der Waals surface area contributed by atoms with Crippen LogP contribution < -0.4 is 10.1 Å². The number of rotatable bonds is 5. The average molecular weight is 289 g/mol. The van der Waals surface area contributed by atoms with Gasteiger partial charge in [-0.25, -0.2) is 8.78 Å². The Kier molecular flexibility index (Phi) is 4.39. The third-order valence-corrected chi connectivity index (χ3v) is 3.20. The number of hydrogen-bond donors (Lipinski definition) is 1. The summed E-state index contributed by atoms with van der Waals surface area (Å²) in [5, 5.41) is 1.35. The standard InChI is InChI=1S/C15H19B2F2NO/c1-14(2,3)20-15(16,17)11-6-10(18)7-12(19)13(11)21-8-9-4-5-9/h6-7,9,20H,4-5,8H2,1-3H3. The van der Waals surface area contributed by atoms with E-state index < -0.39 is 22.5 Å². The summed E-state index contributed by atoms with van der Waals surface area (Å²) in [7, 11) is 12.1. The summed E-state index contributed by atoms with van der Waals surface area (Å²) < 4.78 is 33.1. The number of nitrogens with one attached hydrogen (secondary N) is 1. The van der Waals surface area contributed by atoms with Crippen LogP contribution in [0, 0.1) is 17.6 Å². The molecule has 21 heavy (non-hydrogen) atoms. The van der Waals surface area contributed by atoms with Crippen LogP contribution in [0.4, 0.5) is 8.78 Å². The fourth-order valence-corrected chi connectivity index (χ4v) is 2.19. The molecule has 1 aliphatic carbocycles. The first-order chi connectivity index (χ1) is 9.58. The van der Waals surface area contributed by atoms with Crippen LogP contribution in [-0.4, -0.2) is 27.8 Å². The van der Waals surface area contributed by atoms with Gasteiger partial charge in [0, 0.05) is 17.2 Å². The monoisotopic (exact) mass is 289 g/mol. The molecular formula is C15H19B2F2NO. The van der Waals surface area contributed by atoms with Crippen LogP contribution in [0.25, 0.3) is 0 Å². The van der Waals surface area contributed by atoms with Gasteiger partial charge in [0.15, 0.2) is 11.6 Å². The van der Waals surface area contributed by atoms with Crippen LogP contribution in [0.15, 0.2) is 12.1 Å². The Balaban J connectivity index is 2.34. The highest BCUT2D eigenvalue weighted by molar-refractivity contribution is 6.40. The molecule has 1 aromatic rings. The Morgan fingerprint density at radius 2 is 1.86 bits per heavy atom. The topological polar surface area (TPSA) is 21.3 Å². The number of benzene rings is 1. The van der Waals surface area contributed by atoms with Crippen LogP contribution in [-0.2, 0) is 5.34 Å². The SMILES string of the molecule is [B]C([B])(NC(C)(C)C)c1cc(F)cc(F)c1OCC1CC1. The first kappa shape index (κ1) is 16.3. The van der Waals surface area contributed by atoms with Crippen molar-refractivity contribution in [1.82, 2.24) is 5.32 Å². The third kappa shape index (κ3) is 4.47. The number of halogens is 2. The molecule has 0 amide bonds. The normalized spacial score (nSPS) is 16.0. The molecule has 1 aromatic carbocycles.